The molecule has 0 radical (unpaired) electrons. The van der Waals surface area contributed by atoms with Crippen LogP contribution in [0.2, 0.25) is 0 Å². The molecule has 3 nitrogen and oxygen atoms in total. The minimum Gasteiger partial charge on any atom is -0.496 e. The first-order valence-corrected chi connectivity index (χ1v) is 4.98. The fourth-order valence-electron chi connectivity index (χ4n) is 1.44. The minimum atomic E-state index is 0.503. The summed E-state index contributed by atoms with van der Waals surface area (Å²) < 4.78 is 5.26. The summed E-state index contributed by atoms with van der Waals surface area (Å²) in [5, 5.41) is 3.52. The lowest BCUT2D eigenvalue weighted by molar-refractivity contribution is 0.414. The Morgan fingerprint density at radius 3 is 2.93 bits per heavy atom. The van der Waals surface area contributed by atoms with Gasteiger partial charge in [-0.05, 0) is 18.2 Å². The maximum absolute atomic E-state index is 5.89. The highest BCUT2D eigenvalue weighted by molar-refractivity contribution is 6.32. The largest absolute Gasteiger partial charge is 0.496 e. The monoisotopic (exact) mass is 222 g/mol. The van der Waals surface area contributed by atoms with Crippen molar-refractivity contribution in [3.63, 3.8) is 0 Å². The second-order valence-corrected chi connectivity index (χ2v) is 3.48. The molecule has 1 aliphatic heterocycles. The first-order valence-electron chi connectivity index (χ1n) is 4.60. The maximum Gasteiger partial charge on any atom is 0.128 e. The number of aliphatic imine (C=N–C) groups is 1. The zero-order valence-electron chi connectivity index (χ0n) is 8.33. The van der Waals surface area contributed by atoms with Crippen LogP contribution in [0.15, 0.2) is 40.5 Å². The molecule has 78 valence electrons. The average molecular weight is 223 g/mol. The lowest BCUT2D eigenvalue weighted by atomic mass is 10.1. The zero-order valence-corrected chi connectivity index (χ0v) is 9.08. The maximum atomic E-state index is 5.89. The Balaban J connectivity index is 2.41. The van der Waals surface area contributed by atoms with E-state index in [0.717, 1.165) is 17.0 Å². The molecule has 0 saturated carbocycles. The van der Waals surface area contributed by atoms with Crippen LogP contribution in [0.25, 0.3) is 0 Å². The SMILES string of the molecule is COc1ccccc1C1=NCNC(Cl)=C1. The standard InChI is InChI=1S/C11H11ClN2O/c1-15-10-5-3-2-4-8(10)9-6-11(12)14-7-13-9/h2-6,14H,7H2,1H3. The summed E-state index contributed by atoms with van der Waals surface area (Å²) in [6.45, 7) is 0.503. The number of rotatable bonds is 2. The molecule has 0 amide bonds. The van der Waals surface area contributed by atoms with E-state index in [1.807, 2.05) is 24.3 Å². The van der Waals surface area contributed by atoms with E-state index in [4.69, 9.17) is 16.3 Å². The van der Waals surface area contributed by atoms with Crippen LogP contribution in [-0.4, -0.2) is 19.5 Å². The number of allylic oxidation sites excluding steroid dienone is 1. The van der Waals surface area contributed by atoms with Crippen molar-refractivity contribution >= 4 is 17.3 Å². The number of nitrogens with one attached hydrogen (secondary N) is 1. The van der Waals surface area contributed by atoms with E-state index < -0.39 is 0 Å². The Morgan fingerprint density at radius 2 is 2.20 bits per heavy atom. The number of ether oxygens (including phenoxy) is 1. The topological polar surface area (TPSA) is 33.6 Å². The molecule has 0 saturated heterocycles. The van der Waals surface area contributed by atoms with Gasteiger partial charge >= 0.3 is 0 Å². The first-order chi connectivity index (χ1) is 7.31. The van der Waals surface area contributed by atoms with Gasteiger partial charge in [0.15, 0.2) is 0 Å². The van der Waals surface area contributed by atoms with Gasteiger partial charge in [0, 0.05) is 5.56 Å². The number of hydrogen-bond acceptors (Lipinski definition) is 3. The van der Waals surface area contributed by atoms with Gasteiger partial charge in [0.05, 0.1) is 12.8 Å². The molecule has 0 unspecified atom stereocenters. The second kappa shape index (κ2) is 4.36. The Labute approximate surface area is 93.4 Å². The van der Waals surface area contributed by atoms with Crippen LogP contribution in [0.5, 0.6) is 5.75 Å². The van der Waals surface area contributed by atoms with Gasteiger partial charge in [-0.1, -0.05) is 23.7 Å². The smallest absolute Gasteiger partial charge is 0.128 e. The Hall–Kier alpha value is -1.48. The predicted octanol–water partition coefficient (Wildman–Crippen LogP) is 2.13. The highest BCUT2D eigenvalue weighted by atomic mass is 35.5. The summed E-state index contributed by atoms with van der Waals surface area (Å²) in [7, 11) is 1.64. The van der Waals surface area contributed by atoms with E-state index in [1.54, 1.807) is 13.2 Å². The van der Waals surface area contributed by atoms with Crippen LogP contribution in [0.4, 0.5) is 0 Å². The van der Waals surface area contributed by atoms with Gasteiger partial charge in [-0.25, -0.2) is 0 Å². The normalized spacial score (nSPS) is 15.1. The average Bonchev–Trinajstić information content (AvgIpc) is 2.29. The molecule has 0 aromatic heterocycles. The molecule has 1 aromatic rings. The van der Waals surface area contributed by atoms with Crippen molar-refractivity contribution in [2.45, 2.75) is 0 Å². The van der Waals surface area contributed by atoms with Crippen molar-refractivity contribution < 1.29 is 4.74 Å². The van der Waals surface area contributed by atoms with Crippen molar-refractivity contribution in [3.8, 4) is 5.75 Å². The summed E-state index contributed by atoms with van der Waals surface area (Å²) in [6, 6.07) is 7.74. The highest BCUT2D eigenvalue weighted by Crippen LogP contribution is 2.20. The molecule has 0 bridgehead atoms. The third-order valence-corrected chi connectivity index (χ3v) is 2.39. The van der Waals surface area contributed by atoms with Crippen molar-refractivity contribution in [2.75, 3.05) is 13.8 Å². The first kappa shape index (κ1) is 10.1. The van der Waals surface area contributed by atoms with Gasteiger partial charge in [-0.15, -0.1) is 0 Å². The number of nitrogens with zero attached hydrogens (tertiary/aromatic N) is 1. The fourth-order valence-corrected chi connectivity index (χ4v) is 1.60. The van der Waals surface area contributed by atoms with E-state index >= 15 is 0 Å². The molecule has 0 spiro atoms. The predicted molar refractivity (Wildman–Crippen MR) is 61.5 cm³/mol. The molecule has 0 atom stereocenters. The Morgan fingerprint density at radius 1 is 1.40 bits per heavy atom. The van der Waals surface area contributed by atoms with Crippen molar-refractivity contribution in [1.82, 2.24) is 5.32 Å². The third-order valence-electron chi connectivity index (χ3n) is 2.14. The summed E-state index contributed by atoms with van der Waals surface area (Å²) in [4.78, 5) is 4.32. The molecule has 0 aliphatic carbocycles. The van der Waals surface area contributed by atoms with Crippen molar-refractivity contribution in [1.29, 1.82) is 0 Å². The number of methoxy groups -OCH3 is 1. The van der Waals surface area contributed by atoms with Crippen LogP contribution >= 0.6 is 11.6 Å². The van der Waals surface area contributed by atoms with Crippen LogP contribution in [0.3, 0.4) is 0 Å². The summed E-state index contributed by atoms with van der Waals surface area (Å²) >= 11 is 5.89. The van der Waals surface area contributed by atoms with Gasteiger partial charge < -0.3 is 10.1 Å². The Kier molecular flexibility index (Phi) is 2.92. The fraction of sp³-hybridized carbons (Fsp3) is 0.182. The highest BCUT2D eigenvalue weighted by Gasteiger charge is 2.10. The van der Waals surface area contributed by atoms with Crippen LogP contribution in [0.1, 0.15) is 5.56 Å². The quantitative estimate of drug-likeness (QED) is 0.778. The van der Waals surface area contributed by atoms with Crippen molar-refractivity contribution in [2.24, 2.45) is 4.99 Å². The van der Waals surface area contributed by atoms with Crippen LogP contribution in [-0.2, 0) is 0 Å². The van der Waals surface area contributed by atoms with E-state index in [-0.39, 0.29) is 0 Å². The van der Waals surface area contributed by atoms with Gasteiger partial charge in [-0.3, -0.25) is 4.99 Å². The van der Waals surface area contributed by atoms with Crippen molar-refractivity contribution in [3.05, 3.63) is 41.1 Å². The second-order valence-electron chi connectivity index (χ2n) is 3.07. The molecule has 2 rings (SSSR count). The lowest BCUT2D eigenvalue weighted by Gasteiger charge is -2.13. The number of halogens is 1. The molecule has 1 aromatic carbocycles. The molecule has 15 heavy (non-hydrogen) atoms. The van der Waals surface area contributed by atoms with E-state index in [0.29, 0.717) is 11.8 Å². The van der Waals surface area contributed by atoms with E-state index in [1.165, 1.54) is 0 Å². The van der Waals surface area contributed by atoms with Crippen LogP contribution in [0, 0.1) is 0 Å². The molecule has 4 heteroatoms. The summed E-state index contributed by atoms with van der Waals surface area (Å²) in [5.41, 5.74) is 1.80. The van der Waals surface area contributed by atoms with E-state index in [2.05, 4.69) is 10.3 Å². The molecule has 1 heterocycles. The summed E-state index contributed by atoms with van der Waals surface area (Å²) in [5.74, 6) is 0.805. The van der Waals surface area contributed by atoms with E-state index in [9.17, 15) is 0 Å². The molecule has 1 aliphatic rings. The van der Waals surface area contributed by atoms with Crippen LogP contribution < -0.4 is 10.1 Å². The van der Waals surface area contributed by atoms with Gasteiger partial charge in [-0.2, -0.15) is 0 Å². The number of para-hydroxylation sites is 1. The van der Waals surface area contributed by atoms with Gasteiger partial charge in [0.2, 0.25) is 0 Å². The minimum absolute atomic E-state index is 0.503. The third kappa shape index (κ3) is 2.13. The molecule has 1 N–H and O–H groups in total. The Bertz CT molecular complexity index is 426. The lowest BCUT2D eigenvalue weighted by Crippen LogP contribution is -2.18. The summed E-state index contributed by atoms with van der Waals surface area (Å²) in [6.07, 6.45) is 1.79. The molecular formula is C11H11ClN2O. The van der Waals surface area contributed by atoms with Gasteiger partial charge in [0.1, 0.15) is 17.6 Å². The molecular weight excluding hydrogens is 212 g/mol. The number of hydrogen-bond donors (Lipinski definition) is 1. The zero-order chi connectivity index (χ0) is 10.7. The number of benzene rings is 1. The molecule has 0 fully saturated rings. The van der Waals surface area contributed by atoms with Gasteiger partial charge in [0.25, 0.3) is 0 Å².